The van der Waals surface area contributed by atoms with Gasteiger partial charge in [-0.2, -0.15) is 0 Å². The number of hydrogen-bond donors (Lipinski definition) is 2. The SMILES string of the molecule is CCc1ccccc1C(=O)NCC(N)=O. The highest BCUT2D eigenvalue weighted by atomic mass is 16.2. The molecule has 15 heavy (non-hydrogen) atoms. The highest BCUT2D eigenvalue weighted by Gasteiger charge is 2.09. The molecule has 0 spiro atoms. The summed E-state index contributed by atoms with van der Waals surface area (Å²) < 4.78 is 0. The molecule has 1 aromatic rings. The fraction of sp³-hybridized carbons (Fsp3) is 0.273. The maximum atomic E-state index is 11.6. The first-order chi connectivity index (χ1) is 7.15. The number of aryl methyl sites for hydroxylation is 1. The summed E-state index contributed by atoms with van der Waals surface area (Å²) in [6, 6.07) is 7.29. The lowest BCUT2D eigenvalue weighted by atomic mass is 10.0. The molecule has 0 aliphatic carbocycles. The van der Waals surface area contributed by atoms with Crippen LogP contribution in [0.4, 0.5) is 0 Å². The molecule has 4 heteroatoms. The van der Waals surface area contributed by atoms with Gasteiger partial charge < -0.3 is 11.1 Å². The molecule has 3 N–H and O–H groups in total. The van der Waals surface area contributed by atoms with Gasteiger partial charge in [0.25, 0.3) is 5.91 Å². The van der Waals surface area contributed by atoms with Gasteiger partial charge in [0.1, 0.15) is 0 Å². The minimum absolute atomic E-state index is 0.128. The zero-order valence-corrected chi connectivity index (χ0v) is 8.62. The Kier molecular flexibility index (Phi) is 3.85. The van der Waals surface area contributed by atoms with E-state index >= 15 is 0 Å². The van der Waals surface area contributed by atoms with E-state index in [1.807, 2.05) is 19.1 Å². The number of primary amides is 1. The van der Waals surface area contributed by atoms with Crippen molar-refractivity contribution in [3.05, 3.63) is 35.4 Å². The number of carbonyl (C=O) groups excluding carboxylic acids is 2. The molecule has 0 atom stereocenters. The summed E-state index contributed by atoms with van der Waals surface area (Å²) in [4.78, 5) is 22.1. The number of nitrogens with two attached hydrogens (primary N) is 1. The van der Waals surface area contributed by atoms with Crippen molar-refractivity contribution in [3.8, 4) is 0 Å². The molecule has 0 aromatic heterocycles. The first-order valence-electron chi connectivity index (χ1n) is 4.79. The van der Waals surface area contributed by atoms with Gasteiger partial charge in [0.15, 0.2) is 0 Å². The predicted octanol–water partition coefficient (Wildman–Crippen LogP) is 0.464. The molecular formula is C11H14N2O2. The molecule has 1 rings (SSSR count). The van der Waals surface area contributed by atoms with Gasteiger partial charge in [-0.05, 0) is 18.1 Å². The molecular weight excluding hydrogens is 192 g/mol. The topological polar surface area (TPSA) is 72.2 Å². The van der Waals surface area contributed by atoms with E-state index in [9.17, 15) is 9.59 Å². The van der Waals surface area contributed by atoms with Crippen molar-refractivity contribution in [1.82, 2.24) is 5.32 Å². The number of hydrogen-bond acceptors (Lipinski definition) is 2. The Morgan fingerprint density at radius 3 is 2.60 bits per heavy atom. The fourth-order valence-corrected chi connectivity index (χ4v) is 1.31. The van der Waals surface area contributed by atoms with Gasteiger partial charge >= 0.3 is 0 Å². The summed E-state index contributed by atoms with van der Waals surface area (Å²) in [5.41, 5.74) is 6.49. The molecule has 80 valence electrons. The van der Waals surface area contributed by atoms with Crippen molar-refractivity contribution < 1.29 is 9.59 Å². The molecule has 0 fully saturated rings. The van der Waals surface area contributed by atoms with Crippen LogP contribution < -0.4 is 11.1 Å². The lowest BCUT2D eigenvalue weighted by Gasteiger charge is -2.07. The molecule has 0 saturated heterocycles. The summed E-state index contributed by atoms with van der Waals surface area (Å²) in [5, 5.41) is 2.46. The van der Waals surface area contributed by atoms with Crippen molar-refractivity contribution in [2.75, 3.05) is 6.54 Å². The number of carbonyl (C=O) groups is 2. The van der Waals surface area contributed by atoms with E-state index in [2.05, 4.69) is 5.32 Å². The summed E-state index contributed by atoms with van der Waals surface area (Å²) in [7, 11) is 0. The smallest absolute Gasteiger partial charge is 0.251 e. The Morgan fingerprint density at radius 2 is 2.00 bits per heavy atom. The second-order valence-electron chi connectivity index (χ2n) is 3.16. The average molecular weight is 206 g/mol. The summed E-state index contributed by atoms with van der Waals surface area (Å²) in [6.07, 6.45) is 0.778. The van der Waals surface area contributed by atoms with E-state index in [0.29, 0.717) is 5.56 Å². The van der Waals surface area contributed by atoms with Crippen molar-refractivity contribution in [2.24, 2.45) is 5.73 Å². The van der Waals surface area contributed by atoms with Gasteiger partial charge in [-0.3, -0.25) is 9.59 Å². The van der Waals surface area contributed by atoms with E-state index in [1.54, 1.807) is 12.1 Å². The molecule has 2 amide bonds. The zero-order valence-electron chi connectivity index (χ0n) is 8.62. The third-order valence-electron chi connectivity index (χ3n) is 2.07. The lowest BCUT2D eigenvalue weighted by Crippen LogP contribution is -2.33. The molecule has 0 saturated carbocycles. The predicted molar refractivity (Wildman–Crippen MR) is 57.3 cm³/mol. The minimum Gasteiger partial charge on any atom is -0.368 e. The molecule has 0 aliphatic rings. The van der Waals surface area contributed by atoms with Gasteiger partial charge in [0.2, 0.25) is 5.91 Å². The number of nitrogens with one attached hydrogen (secondary N) is 1. The van der Waals surface area contributed by atoms with E-state index in [0.717, 1.165) is 12.0 Å². The van der Waals surface area contributed by atoms with E-state index in [1.165, 1.54) is 0 Å². The van der Waals surface area contributed by atoms with Crippen LogP contribution in [0.25, 0.3) is 0 Å². The lowest BCUT2D eigenvalue weighted by molar-refractivity contribution is -0.117. The monoisotopic (exact) mass is 206 g/mol. The van der Waals surface area contributed by atoms with Gasteiger partial charge in [0, 0.05) is 5.56 Å². The van der Waals surface area contributed by atoms with Gasteiger partial charge in [-0.25, -0.2) is 0 Å². The van der Waals surface area contributed by atoms with Crippen LogP contribution in [0, 0.1) is 0 Å². The standard InChI is InChI=1S/C11H14N2O2/c1-2-8-5-3-4-6-9(8)11(15)13-7-10(12)14/h3-6H,2,7H2,1H3,(H2,12,14)(H,13,15). The number of rotatable bonds is 4. The van der Waals surface area contributed by atoms with Crippen molar-refractivity contribution in [2.45, 2.75) is 13.3 Å². The maximum absolute atomic E-state index is 11.6. The van der Waals surface area contributed by atoms with Crippen molar-refractivity contribution in [3.63, 3.8) is 0 Å². The Morgan fingerprint density at radius 1 is 1.33 bits per heavy atom. The Bertz CT molecular complexity index is 375. The Labute approximate surface area is 88.5 Å². The van der Waals surface area contributed by atoms with Gasteiger partial charge in [-0.15, -0.1) is 0 Å². The van der Waals surface area contributed by atoms with E-state index in [4.69, 9.17) is 5.73 Å². The van der Waals surface area contributed by atoms with E-state index < -0.39 is 5.91 Å². The highest BCUT2D eigenvalue weighted by molar-refractivity contribution is 5.97. The number of benzene rings is 1. The Balaban J connectivity index is 2.77. The van der Waals surface area contributed by atoms with Gasteiger partial charge in [-0.1, -0.05) is 25.1 Å². The summed E-state index contributed by atoms with van der Waals surface area (Å²) in [6.45, 7) is 1.84. The van der Waals surface area contributed by atoms with Crippen LogP contribution in [0.2, 0.25) is 0 Å². The van der Waals surface area contributed by atoms with E-state index in [-0.39, 0.29) is 12.5 Å². The largest absolute Gasteiger partial charge is 0.368 e. The molecule has 0 unspecified atom stereocenters. The average Bonchev–Trinajstić information content (AvgIpc) is 2.25. The quantitative estimate of drug-likeness (QED) is 0.751. The van der Waals surface area contributed by atoms with Crippen LogP contribution in [-0.2, 0) is 11.2 Å². The summed E-state index contributed by atoms with van der Waals surface area (Å²) in [5.74, 6) is -0.802. The molecule has 1 aromatic carbocycles. The first kappa shape index (κ1) is 11.2. The van der Waals surface area contributed by atoms with Crippen molar-refractivity contribution in [1.29, 1.82) is 0 Å². The molecule has 0 heterocycles. The number of amides is 2. The normalized spacial score (nSPS) is 9.67. The van der Waals surface area contributed by atoms with Crippen molar-refractivity contribution >= 4 is 11.8 Å². The van der Waals surface area contributed by atoms with Crippen LogP contribution in [-0.4, -0.2) is 18.4 Å². The maximum Gasteiger partial charge on any atom is 0.251 e. The summed E-state index contributed by atoms with van der Waals surface area (Å²) >= 11 is 0. The molecule has 0 bridgehead atoms. The van der Waals surface area contributed by atoms with Crippen LogP contribution in [0.15, 0.2) is 24.3 Å². The highest BCUT2D eigenvalue weighted by Crippen LogP contribution is 2.08. The minimum atomic E-state index is -0.544. The first-order valence-corrected chi connectivity index (χ1v) is 4.79. The zero-order chi connectivity index (χ0) is 11.3. The molecule has 4 nitrogen and oxygen atoms in total. The van der Waals surface area contributed by atoms with Gasteiger partial charge in [0.05, 0.1) is 6.54 Å². The third-order valence-corrected chi connectivity index (χ3v) is 2.07. The van der Waals surface area contributed by atoms with Crippen LogP contribution in [0.5, 0.6) is 0 Å². The molecule has 0 radical (unpaired) electrons. The third kappa shape index (κ3) is 3.09. The Hall–Kier alpha value is -1.84. The van der Waals surface area contributed by atoms with Crippen LogP contribution in [0.3, 0.4) is 0 Å². The van der Waals surface area contributed by atoms with Crippen LogP contribution >= 0.6 is 0 Å². The fourth-order valence-electron chi connectivity index (χ4n) is 1.31. The second kappa shape index (κ2) is 5.14. The van der Waals surface area contributed by atoms with Crippen LogP contribution in [0.1, 0.15) is 22.8 Å². The molecule has 0 aliphatic heterocycles. The second-order valence-corrected chi connectivity index (χ2v) is 3.16.